The predicted molar refractivity (Wildman–Crippen MR) is 219 cm³/mol. The zero-order valence-corrected chi connectivity index (χ0v) is 31.8. The number of furan rings is 1. The van der Waals surface area contributed by atoms with E-state index in [0.717, 1.165) is 55.7 Å². The van der Waals surface area contributed by atoms with Crippen molar-refractivity contribution in [1.82, 2.24) is 14.5 Å². The fourth-order valence-corrected chi connectivity index (χ4v) is 7.48. The van der Waals surface area contributed by atoms with Gasteiger partial charge in [-0.1, -0.05) is 103 Å². The van der Waals surface area contributed by atoms with Crippen LogP contribution < -0.4 is 0 Å². The molecular formula is C48H44FN3O2. The Morgan fingerprint density at radius 2 is 1.43 bits per heavy atom. The average molecular weight is 714 g/mol. The zero-order valence-electron chi connectivity index (χ0n) is 31.8. The van der Waals surface area contributed by atoms with Crippen molar-refractivity contribution in [1.29, 1.82) is 0 Å². The van der Waals surface area contributed by atoms with Gasteiger partial charge in [0.2, 0.25) is 0 Å². The second kappa shape index (κ2) is 13.4. The number of rotatable bonds is 7. The molecular weight excluding hydrogens is 670 g/mol. The SMILES string of the molecule is CC(C)c1cccc(C(C)C)c1-n1c(-c2cc3occc3cc2O)nc2c(-c3cc(-c4cc(-c5ccccc5)ccn4)cc(C(C)(C)C)c3)cc(F)cc21. The van der Waals surface area contributed by atoms with Gasteiger partial charge in [0.05, 0.1) is 34.2 Å². The summed E-state index contributed by atoms with van der Waals surface area (Å²) >= 11 is 0. The van der Waals surface area contributed by atoms with E-state index in [4.69, 9.17) is 14.4 Å². The number of aromatic nitrogens is 3. The first-order valence-electron chi connectivity index (χ1n) is 18.6. The Morgan fingerprint density at radius 3 is 2.13 bits per heavy atom. The molecule has 1 N–H and O–H groups in total. The van der Waals surface area contributed by atoms with Crippen molar-refractivity contribution in [2.75, 3.05) is 0 Å². The molecule has 0 saturated heterocycles. The van der Waals surface area contributed by atoms with Gasteiger partial charge in [0.15, 0.2) is 0 Å². The maximum absolute atomic E-state index is 16.3. The summed E-state index contributed by atoms with van der Waals surface area (Å²) < 4.78 is 24.2. The van der Waals surface area contributed by atoms with Crippen molar-refractivity contribution in [3.63, 3.8) is 0 Å². The van der Waals surface area contributed by atoms with Gasteiger partial charge in [-0.15, -0.1) is 0 Å². The summed E-state index contributed by atoms with van der Waals surface area (Å²) in [5.41, 5.74) is 11.8. The summed E-state index contributed by atoms with van der Waals surface area (Å²) in [7, 11) is 0. The van der Waals surface area contributed by atoms with Crippen molar-refractivity contribution in [3.05, 3.63) is 144 Å². The number of benzene rings is 5. The molecule has 5 aromatic carbocycles. The monoisotopic (exact) mass is 713 g/mol. The van der Waals surface area contributed by atoms with Crippen LogP contribution in [0.4, 0.5) is 4.39 Å². The van der Waals surface area contributed by atoms with Gasteiger partial charge in [0.25, 0.3) is 0 Å². The van der Waals surface area contributed by atoms with Crippen LogP contribution in [0.3, 0.4) is 0 Å². The van der Waals surface area contributed by atoms with Gasteiger partial charge in [0, 0.05) is 28.8 Å². The van der Waals surface area contributed by atoms with E-state index in [2.05, 4.69) is 108 Å². The van der Waals surface area contributed by atoms with Gasteiger partial charge in [-0.25, -0.2) is 9.37 Å². The number of nitrogens with zero attached hydrogens (tertiary/aromatic N) is 3. The molecule has 0 atom stereocenters. The maximum Gasteiger partial charge on any atom is 0.149 e. The number of imidazole rings is 1. The topological polar surface area (TPSA) is 64.1 Å². The molecule has 0 saturated carbocycles. The third kappa shape index (κ3) is 6.26. The Bertz CT molecular complexity index is 2650. The second-order valence-electron chi connectivity index (χ2n) is 15.9. The lowest BCUT2D eigenvalue weighted by Gasteiger charge is -2.23. The molecule has 0 aliphatic carbocycles. The van der Waals surface area contributed by atoms with E-state index in [9.17, 15) is 5.11 Å². The lowest BCUT2D eigenvalue weighted by molar-refractivity contribution is 0.477. The van der Waals surface area contributed by atoms with Crippen LogP contribution in [0.15, 0.2) is 126 Å². The molecule has 5 nitrogen and oxygen atoms in total. The van der Waals surface area contributed by atoms with E-state index in [0.29, 0.717) is 33.6 Å². The number of phenolic OH excluding ortho intramolecular Hbond substituents is 1. The molecule has 0 aliphatic heterocycles. The highest BCUT2D eigenvalue weighted by Crippen LogP contribution is 2.44. The standard InChI is InChI=1S/C48H44FN3O2/c1-28(2)37-14-11-15-38(29(3)4)46(37)52-42-26-36(49)25-39(45(42)51-47(52)40-27-44-32(17-19-54-44)24-43(40)53)33-20-34(22-35(21-33)48(5,6)7)41-23-31(16-18-50-41)30-12-9-8-10-13-30/h8-29,53H,1-7H3. The fraction of sp³-hybridized carbons (Fsp3) is 0.208. The molecule has 270 valence electrons. The number of para-hydroxylation sites is 1. The quantitative estimate of drug-likeness (QED) is 0.179. The number of hydrogen-bond acceptors (Lipinski definition) is 4. The Labute approximate surface area is 315 Å². The molecule has 0 amide bonds. The number of pyridine rings is 1. The third-order valence-electron chi connectivity index (χ3n) is 10.4. The van der Waals surface area contributed by atoms with Gasteiger partial charge in [-0.2, -0.15) is 0 Å². The van der Waals surface area contributed by atoms with E-state index in [1.807, 2.05) is 42.6 Å². The van der Waals surface area contributed by atoms with E-state index in [1.54, 1.807) is 24.5 Å². The van der Waals surface area contributed by atoms with Crippen LogP contribution in [0, 0.1) is 5.82 Å². The fourth-order valence-electron chi connectivity index (χ4n) is 7.48. The highest BCUT2D eigenvalue weighted by Gasteiger charge is 2.27. The molecule has 8 aromatic rings. The highest BCUT2D eigenvalue weighted by molar-refractivity contribution is 5.98. The average Bonchev–Trinajstić information content (AvgIpc) is 3.77. The minimum Gasteiger partial charge on any atom is -0.507 e. The Balaban J connectivity index is 1.45. The number of hydrogen-bond donors (Lipinski definition) is 1. The van der Waals surface area contributed by atoms with E-state index < -0.39 is 0 Å². The zero-order chi connectivity index (χ0) is 37.9. The first-order chi connectivity index (χ1) is 25.9. The van der Waals surface area contributed by atoms with Crippen molar-refractivity contribution >= 4 is 22.0 Å². The van der Waals surface area contributed by atoms with Gasteiger partial charge in [-0.3, -0.25) is 9.55 Å². The Hall–Kier alpha value is -6.01. The Morgan fingerprint density at radius 1 is 0.704 bits per heavy atom. The third-order valence-corrected chi connectivity index (χ3v) is 10.4. The van der Waals surface area contributed by atoms with E-state index in [1.165, 1.54) is 0 Å². The molecule has 54 heavy (non-hydrogen) atoms. The first-order valence-corrected chi connectivity index (χ1v) is 18.6. The maximum atomic E-state index is 16.3. The highest BCUT2D eigenvalue weighted by atomic mass is 19.1. The molecule has 8 rings (SSSR count). The number of fused-ring (bicyclic) bond motifs is 2. The minimum atomic E-state index is -0.379. The van der Waals surface area contributed by atoms with Crippen LogP contribution in [0.1, 0.15) is 77.0 Å². The first kappa shape index (κ1) is 35.0. The normalized spacial score (nSPS) is 12.1. The molecule has 0 radical (unpaired) electrons. The molecule has 0 spiro atoms. The van der Waals surface area contributed by atoms with Gasteiger partial charge in [0.1, 0.15) is 23.0 Å². The molecule has 0 fully saturated rings. The molecule has 6 heteroatoms. The summed E-state index contributed by atoms with van der Waals surface area (Å²) in [5, 5.41) is 12.4. The smallest absolute Gasteiger partial charge is 0.149 e. The van der Waals surface area contributed by atoms with Crippen LogP contribution in [0.5, 0.6) is 5.75 Å². The largest absolute Gasteiger partial charge is 0.507 e. The number of halogens is 1. The summed E-state index contributed by atoms with van der Waals surface area (Å²) in [6.45, 7) is 15.2. The molecule has 3 aromatic heterocycles. The summed E-state index contributed by atoms with van der Waals surface area (Å²) in [4.78, 5) is 10.2. The molecule has 0 aliphatic rings. The van der Waals surface area contributed by atoms with E-state index in [-0.39, 0.29) is 28.8 Å². The van der Waals surface area contributed by atoms with Crippen molar-refractivity contribution < 1.29 is 13.9 Å². The van der Waals surface area contributed by atoms with Crippen LogP contribution in [0.2, 0.25) is 0 Å². The van der Waals surface area contributed by atoms with Gasteiger partial charge < -0.3 is 9.52 Å². The lowest BCUT2D eigenvalue weighted by atomic mass is 9.83. The van der Waals surface area contributed by atoms with Crippen LogP contribution in [-0.2, 0) is 5.41 Å². The predicted octanol–water partition coefficient (Wildman–Crippen LogP) is 13.2. The van der Waals surface area contributed by atoms with Crippen LogP contribution in [-0.4, -0.2) is 19.6 Å². The van der Waals surface area contributed by atoms with E-state index >= 15 is 4.39 Å². The minimum absolute atomic E-state index is 0.0667. The van der Waals surface area contributed by atoms with Crippen molar-refractivity contribution in [3.8, 4) is 56.3 Å². The molecule has 0 bridgehead atoms. The number of phenols is 1. The summed E-state index contributed by atoms with van der Waals surface area (Å²) in [5.74, 6) is 0.506. The number of aromatic hydroxyl groups is 1. The molecule has 3 heterocycles. The van der Waals surface area contributed by atoms with Gasteiger partial charge in [-0.05, 0) is 99.2 Å². The van der Waals surface area contributed by atoms with Crippen molar-refractivity contribution in [2.45, 2.75) is 65.7 Å². The van der Waals surface area contributed by atoms with Crippen LogP contribution in [0.25, 0.3) is 72.6 Å². The second-order valence-corrected chi connectivity index (χ2v) is 15.9. The van der Waals surface area contributed by atoms with Crippen LogP contribution >= 0.6 is 0 Å². The Kier molecular flexibility index (Phi) is 8.72. The van der Waals surface area contributed by atoms with Crippen molar-refractivity contribution in [2.24, 2.45) is 0 Å². The summed E-state index contributed by atoms with van der Waals surface area (Å²) in [6, 6.07) is 35.7. The molecule has 0 unspecified atom stereocenters. The summed E-state index contributed by atoms with van der Waals surface area (Å²) in [6.07, 6.45) is 3.45. The lowest BCUT2D eigenvalue weighted by Crippen LogP contribution is -2.11. The van der Waals surface area contributed by atoms with Gasteiger partial charge >= 0.3 is 0 Å².